The van der Waals surface area contributed by atoms with E-state index in [4.69, 9.17) is 0 Å². The third-order valence-electron chi connectivity index (χ3n) is 4.61. The van der Waals surface area contributed by atoms with Gasteiger partial charge in [-0.3, -0.25) is 4.79 Å². The first kappa shape index (κ1) is 19.8. The number of aromatic nitrogens is 3. The van der Waals surface area contributed by atoms with E-state index in [0.717, 1.165) is 34.3 Å². The number of carbonyl (C=O) groups is 1. The number of benzene rings is 3. The Kier molecular flexibility index (Phi) is 6.20. The van der Waals surface area contributed by atoms with Crippen molar-refractivity contribution in [3.8, 4) is 11.4 Å². The van der Waals surface area contributed by atoms with E-state index >= 15 is 0 Å². The Morgan fingerprint density at radius 2 is 1.80 bits per heavy atom. The summed E-state index contributed by atoms with van der Waals surface area (Å²) in [6.45, 7) is 2.76. The highest BCUT2D eigenvalue weighted by Crippen LogP contribution is 2.23. The third kappa shape index (κ3) is 4.41. The number of hydrogen-bond donors (Lipinski definition) is 1. The first-order valence-electron chi connectivity index (χ1n) is 9.67. The molecule has 0 atom stereocenters. The van der Waals surface area contributed by atoms with Gasteiger partial charge in [0.25, 0.3) is 5.91 Å². The molecule has 0 saturated carbocycles. The maximum absolute atomic E-state index is 12.2. The lowest BCUT2D eigenvalue weighted by Crippen LogP contribution is -2.20. The van der Waals surface area contributed by atoms with Crippen molar-refractivity contribution >= 4 is 34.7 Å². The number of fused-ring (bicyclic) bond motifs is 1. The van der Waals surface area contributed by atoms with Crippen molar-refractivity contribution < 1.29 is 4.79 Å². The largest absolute Gasteiger partial charge is 0.302 e. The highest BCUT2D eigenvalue weighted by molar-refractivity contribution is 7.99. The molecule has 0 unspecified atom stereocenters. The van der Waals surface area contributed by atoms with Gasteiger partial charge in [-0.05, 0) is 17.7 Å². The van der Waals surface area contributed by atoms with Crippen LogP contribution in [0.25, 0.3) is 22.2 Å². The van der Waals surface area contributed by atoms with Gasteiger partial charge < -0.3 is 4.57 Å². The van der Waals surface area contributed by atoms with Crippen molar-refractivity contribution in [3.05, 3.63) is 78.4 Å². The molecule has 1 N–H and O–H groups in total. The van der Waals surface area contributed by atoms with E-state index in [-0.39, 0.29) is 11.7 Å². The Hall–Kier alpha value is -3.45. The quantitative estimate of drug-likeness (QED) is 0.277. The maximum atomic E-state index is 12.2. The predicted molar refractivity (Wildman–Crippen MR) is 122 cm³/mol. The molecule has 0 bridgehead atoms. The summed E-state index contributed by atoms with van der Waals surface area (Å²) in [4.78, 5) is 12.2. The first-order chi connectivity index (χ1) is 14.8. The number of hydrogen-bond acceptors (Lipinski definition) is 5. The lowest BCUT2D eigenvalue weighted by Gasteiger charge is -2.07. The van der Waals surface area contributed by atoms with Crippen LogP contribution in [-0.4, -0.2) is 32.6 Å². The fourth-order valence-electron chi connectivity index (χ4n) is 3.18. The summed E-state index contributed by atoms with van der Waals surface area (Å²) in [5.41, 5.74) is 4.55. The molecular weight excluding hydrogens is 394 g/mol. The van der Waals surface area contributed by atoms with Crippen LogP contribution in [0.5, 0.6) is 0 Å². The summed E-state index contributed by atoms with van der Waals surface area (Å²) in [6.07, 6.45) is 1.67. The fourth-order valence-corrected chi connectivity index (χ4v) is 3.98. The molecule has 4 aromatic rings. The van der Waals surface area contributed by atoms with E-state index in [9.17, 15) is 4.79 Å². The Labute approximate surface area is 179 Å². The van der Waals surface area contributed by atoms with Crippen LogP contribution < -0.4 is 5.43 Å². The molecule has 30 heavy (non-hydrogen) atoms. The summed E-state index contributed by atoms with van der Waals surface area (Å²) >= 11 is 1.35. The van der Waals surface area contributed by atoms with Crippen LogP contribution in [0.3, 0.4) is 0 Å². The molecule has 0 fully saturated rings. The van der Waals surface area contributed by atoms with Crippen LogP contribution in [0.15, 0.2) is 83.1 Å². The predicted octanol–water partition coefficient (Wildman–Crippen LogP) is 4.36. The monoisotopic (exact) mass is 415 g/mol. The van der Waals surface area contributed by atoms with Crippen LogP contribution in [-0.2, 0) is 11.3 Å². The Morgan fingerprint density at radius 1 is 1.03 bits per heavy atom. The van der Waals surface area contributed by atoms with E-state index < -0.39 is 0 Å². The number of amides is 1. The van der Waals surface area contributed by atoms with Crippen molar-refractivity contribution in [2.45, 2.75) is 18.6 Å². The van der Waals surface area contributed by atoms with Gasteiger partial charge in [-0.15, -0.1) is 10.2 Å². The molecule has 1 amide bonds. The highest BCUT2D eigenvalue weighted by atomic mass is 32.2. The van der Waals surface area contributed by atoms with E-state index in [1.807, 2.05) is 72.2 Å². The van der Waals surface area contributed by atoms with Crippen molar-refractivity contribution in [1.29, 1.82) is 0 Å². The third-order valence-corrected chi connectivity index (χ3v) is 5.58. The van der Waals surface area contributed by atoms with Gasteiger partial charge in [0.2, 0.25) is 0 Å². The molecule has 0 aliphatic rings. The van der Waals surface area contributed by atoms with E-state index in [2.05, 4.69) is 32.9 Å². The fraction of sp³-hybridized carbons (Fsp3) is 0.130. The standard InChI is InChI=1S/C23H21N5OS/c1-2-28-22(18-10-4-3-5-11-18)26-27-23(28)30-16-21(29)25-24-15-19-13-8-12-17-9-6-7-14-20(17)19/h3-15H,2,16H2,1H3,(H,25,29)/b24-15+. The number of nitrogens with zero attached hydrogens (tertiary/aromatic N) is 4. The number of nitrogens with one attached hydrogen (secondary N) is 1. The van der Waals surface area contributed by atoms with Gasteiger partial charge in [0.1, 0.15) is 0 Å². The average molecular weight is 416 g/mol. The number of carbonyl (C=O) groups excluding carboxylic acids is 1. The number of rotatable bonds is 7. The normalized spacial score (nSPS) is 11.2. The lowest BCUT2D eigenvalue weighted by molar-refractivity contribution is -0.118. The zero-order chi connectivity index (χ0) is 20.8. The van der Waals surface area contributed by atoms with Crippen molar-refractivity contribution in [2.24, 2.45) is 5.10 Å². The molecule has 3 aromatic carbocycles. The molecule has 0 spiro atoms. The van der Waals surface area contributed by atoms with E-state index in [1.54, 1.807) is 6.21 Å². The second-order valence-corrected chi connectivity index (χ2v) is 7.51. The Morgan fingerprint density at radius 3 is 2.63 bits per heavy atom. The smallest absolute Gasteiger partial charge is 0.250 e. The van der Waals surface area contributed by atoms with Crippen molar-refractivity contribution in [2.75, 3.05) is 5.75 Å². The highest BCUT2D eigenvalue weighted by Gasteiger charge is 2.14. The van der Waals surface area contributed by atoms with Crippen LogP contribution in [0.1, 0.15) is 12.5 Å². The molecule has 0 aliphatic heterocycles. The molecule has 7 heteroatoms. The minimum Gasteiger partial charge on any atom is -0.302 e. The van der Waals surface area contributed by atoms with E-state index in [1.165, 1.54) is 11.8 Å². The Bertz CT molecular complexity index is 1180. The topological polar surface area (TPSA) is 72.2 Å². The number of thioether (sulfide) groups is 1. The zero-order valence-corrected chi connectivity index (χ0v) is 17.3. The summed E-state index contributed by atoms with van der Waals surface area (Å²) in [5, 5.41) is 15.6. The second kappa shape index (κ2) is 9.37. The van der Waals surface area contributed by atoms with Crippen molar-refractivity contribution in [3.63, 3.8) is 0 Å². The molecule has 6 nitrogen and oxygen atoms in total. The Balaban J connectivity index is 1.38. The SMILES string of the molecule is CCn1c(SCC(=O)N/N=C/c2cccc3ccccc23)nnc1-c1ccccc1. The van der Waals surface area contributed by atoms with Gasteiger partial charge in [-0.25, -0.2) is 5.43 Å². The molecule has 1 aromatic heterocycles. The maximum Gasteiger partial charge on any atom is 0.250 e. The van der Waals surface area contributed by atoms with Crippen LogP contribution >= 0.6 is 11.8 Å². The van der Waals surface area contributed by atoms with Gasteiger partial charge in [0, 0.05) is 17.7 Å². The average Bonchev–Trinajstić information content (AvgIpc) is 3.21. The molecule has 0 saturated heterocycles. The van der Waals surface area contributed by atoms with Crippen LogP contribution in [0.2, 0.25) is 0 Å². The first-order valence-corrected chi connectivity index (χ1v) is 10.7. The lowest BCUT2D eigenvalue weighted by atomic mass is 10.1. The van der Waals surface area contributed by atoms with Crippen LogP contribution in [0, 0.1) is 0 Å². The van der Waals surface area contributed by atoms with Gasteiger partial charge >= 0.3 is 0 Å². The minimum absolute atomic E-state index is 0.191. The van der Waals surface area contributed by atoms with E-state index in [0.29, 0.717) is 5.16 Å². The number of hydrazone groups is 1. The van der Waals surface area contributed by atoms with Gasteiger partial charge in [-0.1, -0.05) is 84.6 Å². The molecule has 150 valence electrons. The van der Waals surface area contributed by atoms with Crippen LogP contribution in [0.4, 0.5) is 0 Å². The summed E-state index contributed by atoms with van der Waals surface area (Å²) in [7, 11) is 0. The molecule has 0 aliphatic carbocycles. The van der Waals surface area contributed by atoms with Crippen molar-refractivity contribution in [1.82, 2.24) is 20.2 Å². The summed E-state index contributed by atoms with van der Waals surface area (Å²) in [5.74, 6) is 0.818. The zero-order valence-electron chi connectivity index (χ0n) is 16.5. The van der Waals surface area contributed by atoms with Gasteiger partial charge in [0.15, 0.2) is 11.0 Å². The molecule has 1 heterocycles. The second-order valence-electron chi connectivity index (χ2n) is 6.57. The summed E-state index contributed by atoms with van der Waals surface area (Å²) < 4.78 is 2.01. The molecule has 0 radical (unpaired) electrons. The molecular formula is C23H21N5OS. The minimum atomic E-state index is -0.191. The molecule has 4 rings (SSSR count). The summed E-state index contributed by atoms with van der Waals surface area (Å²) in [6, 6.07) is 24.0. The van der Waals surface area contributed by atoms with Gasteiger partial charge in [-0.2, -0.15) is 5.10 Å². The van der Waals surface area contributed by atoms with Gasteiger partial charge in [0.05, 0.1) is 12.0 Å².